The van der Waals surface area contributed by atoms with Gasteiger partial charge in [-0.1, -0.05) is 12.1 Å². The fourth-order valence-electron chi connectivity index (χ4n) is 4.12. The van der Waals surface area contributed by atoms with Crippen LogP contribution in [-0.2, 0) is 14.3 Å². The van der Waals surface area contributed by atoms with Crippen molar-refractivity contribution in [3.05, 3.63) is 68.0 Å². The molecule has 0 saturated carbocycles. The lowest BCUT2D eigenvalue weighted by atomic mass is 9.94. The number of methoxy groups -OCH3 is 1. The highest BCUT2D eigenvalue weighted by Crippen LogP contribution is 2.41. The summed E-state index contributed by atoms with van der Waals surface area (Å²) in [4.78, 5) is 55.0. The predicted molar refractivity (Wildman–Crippen MR) is 122 cm³/mol. The molecule has 1 aromatic carbocycles. The number of H-pyrrole nitrogens is 1. The van der Waals surface area contributed by atoms with E-state index in [2.05, 4.69) is 4.98 Å². The summed E-state index contributed by atoms with van der Waals surface area (Å²) in [6.45, 7) is 3.77. The van der Waals surface area contributed by atoms with Gasteiger partial charge in [0.15, 0.2) is 0 Å². The molecule has 2 N–H and O–H groups in total. The fraction of sp³-hybridized carbons (Fsp3) is 0.348. The number of non-ortho nitro benzene ring substituents is 1. The van der Waals surface area contributed by atoms with E-state index in [0.29, 0.717) is 23.4 Å². The number of nitrogens with one attached hydrogen (secondary N) is 1. The van der Waals surface area contributed by atoms with Gasteiger partial charge in [0.1, 0.15) is 11.5 Å². The second-order valence-corrected chi connectivity index (χ2v) is 8.26. The molecule has 0 radical (unpaired) electrons. The predicted octanol–water partition coefficient (Wildman–Crippen LogP) is 2.31. The summed E-state index contributed by atoms with van der Waals surface area (Å²) in [5.74, 6) is -2.85. The number of aryl methyl sites for hydroxylation is 1. The van der Waals surface area contributed by atoms with Gasteiger partial charge in [-0.3, -0.25) is 19.7 Å². The van der Waals surface area contributed by atoms with E-state index in [1.807, 2.05) is 4.90 Å². The summed E-state index contributed by atoms with van der Waals surface area (Å²) < 4.78 is 4.76. The molecule has 0 bridgehead atoms. The average Bonchev–Trinajstić information content (AvgIpc) is 3.23. The average molecular weight is 470 g/mol. The molecule has 0 aliphatic carbocycles. The Balaban J connectivity index is 2.26. The van der Waals surface area contributed by atoms with E-state index >= 15 is 0 Å². The van der Waals surface area contributed by atoms with Crippen LogP contribution in [0.25, 0.3) is 5.76 Å². The minimum atomic E-state index is -1.05. The van der Waals surface area contributed by atoms with Gasteiger partial charge in [-0.15, -0.1) is 0 Å². The van der Waals surface area contributed by atoms with Crippen molar-refractivity contribution in [2.45, 2.75) is 19.9 Å². The van der Waals surface area contributed by atoms with Crippen LogP contribution < -0.4 is 0 Å². The van der Waals surface area contributed by atoms with Crippen LogP contribution in [0.4, 0.5) is 5.69 Å². The molecule has 1 saturated heterocycles. The van der Waals surface area contributed by atoms with Crippen LogP contribution in [0.3, 0.4) is 0 Å². The number of aromatic nitrogens is 1. The monoisotopic (exact) mass is 470 g/mol. The number of aromatic amines is 1. The summed E-state index contributed by atoms with van der Waals surface area (Å²) in [5, 5.41) is 22.7. The molecule has 34 heavy (non-hydrogen) atoms. The molecule has 11 nitrogen and oxygen atoms in total. The highest BCUT2D eigenvalue weighted by atomic mass is 16.6. The molecule has 1 atom stereocenters. The van der Waals surface area contributed by atoms with Gasteiger partial charge in [-0.25, -0.2) is 4.79 Å². The van der Waals surface area contributed by atoms with E-state index < -0.39 is 34.4 Å². The zero-order valence-electron chi connectivity index (χ0n) is 19.5. The van der Waals surface area contributed by atoms with Crippen LogP contribution >= 0.6 is 0 Å². The molecule has 0 spiro atoms. The maximum Gasteiger partial charge on any atom is 0.354 e. The van der Waals surface area contributed by atoms with Crippen molar-refractivity contribution >= 4 is 29.1 Å². The third kappa shape index (κ3) is 4.29. The Bertz CT molecular complexity index is 1210. The number of nitro benzene ring substituents is 1. The molecule has 1 aliphatic heterocycles. The van der Waals surface area contributed by atoms with Gasteiger partial charge in [0.25, 0.3) is 17.4 Å². The normalized spacial score (nSPS) is 17.5. The van der Waals surface area contributed by atoms with Crippen LogP contribution in [0.1, 0.15) is 38.9 Å². The number of Topliss-reactive ketones (excluding diaryl/α,β-unsaturated/α-hetero) is 1. The van der Waals surface area contributed by atoms with Crippen molar-refractivity contribution < 1.29 is 29.2 Å². The lowest BCUT2D eigenvalue weighted by Gasteiger charge is -2.26. The number of hydrogen-bond acceptors (Lipinski definition) is 8. The Morgan fingerprint density at radius 3 is 2.56 bits per heavy atom. The molecule has 11 heteroatoms. The molecular formula is C23H26N4O7. The molecule has 1 aliphatic rings. The standard InChI is InChI=1S/C23H26N4O7/c1-12-16(13(2)24-18(12)23(31)34-5)20(28)17-19(14-7-6-8-15(11-14)27(32)33)26(10-9-25(3)4)22(30)21(17)29/h6-8,11,19,24,28H,9-10H2,1-5H3/b20-17+/t19-/m0/s1. The Kier molecular flexibility index (Phi) is 6.87. The number of hydrogen-bond donors (Lipinski definition) is 2. The molecule has 2 heterocycles. The van der Waals surface area contributed by atoms with E-state index in [4.69, 9.17) is 4.74 Å². The Morgan fingerprint density at radius 1 is 1.29 bits per heavy atom. The topological polar surface area (TPSA) is 146 Å². The number of aliphatic hydroxyl groups is 1. The molecule has 1 fully saturated rings. The maximum atomic E-state index is 13.1. The largest absolute Gasteiger partial charge is 0.507 e. The minimum absolute atomic E-state index is 0.107. The number of likely N-dealkylation sites (N-methyl/N-ethyl adjacent to an activating group) is 1. The van der Waals surface area contributed by atoms with Crippen LogP contribution in [0.15, 0.2) is 29.8 Å². The first-order valence-electron chi connectivity index (χ1n) is 10.4. The van der Waals surface area contributed by atoms with Gasteiger partial charge >= 0.3 is 5.97 Å². The molecule has 0 unspecified atom stereocenters. The van der Waals surface area contributed by atoms with E-state index in [0.717, 1.165) is 0 Å². The molecule has 1 amide bonds. The molecule has 2 aromatic rings. The lowest BCUT2D eigenvalue weighted by Crippen LogP contribution is -2.35. The third-order valence-corrected chi connectivity index (χ3v) is 5.79. The first kappa shape index (κ1) is 24.6. The third-order valence-electron chi connectivity index (χ3n) is 5.79. The Hall–Kier alpha value is -3.99. The number of likely N-dealkylation sites (tertiary alicyclic amines) is 1. The summed E-state index contributed by atoms with van der Waals surface area (Å²) in [6.07, 6.45) is 0. The van der Waals surface area contributed by atoms with Gasteiger partial charge in [0.2, 0.25) is 0 Å². The van der Waals surface area contributed by atoms with E-state index in [9.17, 15) is 29.6 Å². The number of amides is 1. The second kappa shape index (κ2) is 9.48. The van der Waals surface area contributed by atoms with Crippen molar-refractivity contribution in [3.63, 3.8) is 0 Å². The number of carbonyl (C=O) groups is 3. The van der Waals surface area contributed by atoms with Crippen LogP contribution in [0.5, 0.6) is 0 Å². The minimum Gasteiger partial charge on any atom is -0.507 e. The van der Waals surface area contributed by atoms with Crippen molar-refractivity contribution in [2.24, 2.45) is 0 Å². The number of ether oxygens (including phenoxy) is 1. The van der Waals surface area contributed by atoms with E-state index in [-0.39, 0.29) is 29.1 Å². The quantitative estimate of drug-likeness (QED) is 0.157. The number of carbonyl (C=O) groups excluding carboxylic acids is 3. The molecule has 3 rings (SSSR count). The highest BCUT2D eigenvalue weighted by Gasteiger charge is 2.46. The lowest BCUT2D eigenvalue weighted by molar-refractivity contribution is -0.384. The fourth-order valence-corrected chi connectivity index (χ4v) is 4.12. The summed E-state index contributed by atoms with van der Waals surface area (Å²) >= 11 is 0. The molecular weight excluding hydrogens is 444 g/mol. The van der Waals surface area contributed by atoms with Crippen molar-refractivity contribution in [3.8, 4) is 0 Å². The first-order chi connectivity index (χ1) is 16.0. The molecule has 180 valence electrons. The summed E-state index contributed by atoms with van der Waals surface area (Å²) in [5.41, 5.74) is 0.944. The summed E-state index contributed by atoms with van der Waals surface area (Å²) in [7, 11) is 4.83. The van der Waals surface area contributed by atoms with Gasteiger partial charge < -0.3 is 24.6 Å². The van der Waals surface area contributed by atoms with Gasteiger partial charge in [0.05, 0.1) is 23.6 Å². The number of esters is 1. The summed E-state index contributed by atoms with van der Waals surface area (Å²) in [6, 6.07) is 4.56. The second-order valence-electron chi connectivity index (χ2n) is 8.26. The van der Waals surface area contributed by atoms with Gasteiger partial charge in [-0.2, -0.15) is 0 Å². The number of nitrogens with zero attached hydrogens (tertiary/aromatic N) is 3. The van der Waals surface area contributed by atoms with Crippen LogP contribution in [0, 0.1) is 24.0 Å². The zero-order chi connectivity index (χ0) is 25.3. The van der Waals surface area contributed by atoms with Gasteiger partial charge in [0, 0.05) is 36.5 Å². The smallest absolute Gasteiger partial charge is 0.354 e. The zero-order valence-corrected chi connectivity index (χ0v) is 19.5. The van der Waals surface area contributed by atoms with Crippen LogP contribution in [-0.4, -0.2) is 76.8 Å². The SMILES string of the molecule is COC(=O)c1[nH]c(C)c(/C(O)=C2\C(=O)C(=O)N(CCN(C)C)[C@H]2c2cccc([N+](=O)[O-])c2)c1C. The molecule has 1 aromatic heterocycles. The van der Waals surface area contributed by atoms with E-state index in [1.165, 1.54) is 30.2 Å². The highest BCUT2D eigenvalue weighted by molar-refractivity contribution is 6.46. The number of benzene rings is 1. The number of nitro groups is 1. The van der Waals surface area contributed by atoms with Crippen molar-refractivity contribution in [2.75, 3.05) is 34.3 Å². The van der Waals surface area contributed by atoms with Gasteiger partial charge in [-0.05, 0) is 39.1 Å². The Morgan fingerprint density at radius 2 is 1.97 bits per heavy atom. The number of rotatable bonds is 7. The first-order valence-corrected chi connectivity index (χ1v) is 10.4. The maximum absolute atomic E-state index is 13.1. The van der Waals surface area contributed by atoms with Crippen molar-refractivity contribution in [1.29, 1.82) is 0 Å². The number of ketones is 1. The Labute approximate surface area is 195 Å². The number of aliphatic hydroxyl groups excluding tert-OH is 1. The van der Waals surface area contributed by atoms with E-state index in [1.54, 1.807) is 34.0 Å². The van der Waals surface area contributed by atoms with Crippen molar-refractivity contribution in [1.82, 2.24) is 14.8 Å². The van der Waals surface area contributed by atoms with Crippen LogP contribution in [0.2, 0.25) is 0 Å².